The molecule has 0 saturated carbocycles. The fourth-order valence-corrected chi connectivity index (χ4v) is 3.57. The first-order valence-electron chi connectivity index (χ1n) is 9.05. The molecule has 1 aliphatic rings. The molecular formula is C20H19BrN4O3. The van der Waals surface area contributed by atoms with Crippen LogP contribution in [0.1, 0.15) is 23.0 Å². The van der Waals surface area contributed by atoms with Gasteiger partial charge in [-0.2, -0.15) is 0 Å². The van der Waals surface area contributed by atoms with Crippen LogP contribution in [0.15, 0.2) is 45.9 Å². The Hall–Kier alpha value is -2.74. The SMILES string of the molecule is CCn1cc(C(=O)N2CC(Oc3ncccc3Br)C2)c(=O)c2ccc(C)nc21. The number of nitrogens with zero attached hydrogens (tertiary/aromatic N) is 4. The van der Waals surface area contributed by atoms with E-state index in [-0.39, 0.29) is 23.0 Å². The lowest BCUT2D eigenvalue weighted by atomic mass is 10.1. The molecule has 0 atom stereocenters. The molecule has 0 N–H and O–H groups in total. The Morgan fingerprint density at radius 2 is 2.11 bits per heavy atom. The number of fused-ring (bicyclic) bond motifs is 1. The first-order chi connectivity index (χ1) is 13.5. The van der Waals surface area contributed by atoms with Crippen LogP contribution in [0.25, 0.3) is 11.0 Å². The Labute approximate surface area is 170 Å². The van der Waals surface area contributed by atoms with E-state index in [1.54, 1.807) is 29.4 Å². The second-order valence-corrected chi connectivity index (χ2v) is 7.58. The normalized spacial score (nSPS) is 14.2. The molecule has 0 bridgehead atoms. The van der Waals surface area contributed by atoms with Gasteiger partial charge in [-0.25, -0.2) is 9.97 Å². The molecule has 0 unspecified atom stereocenters. The zero-order valence-electron chi connectivity index (χ0n) is 15.6. The quantitative estimate of drug-likeness (QED) is 0.620. The van der Waals surface area contributed by atoms with E-state index < -0.39 is 0 Å². The third kappa shape index (κ3) is 3.28. The van der Waals surface area contributed by atoms with Gasteiger partial charge in [0.05, 0.1) is 22.9 Å². The van der Waals surface area contributed by atoms with Crippen LogP contribution in [0.5, 0.6) is 5.88 Å². The fourth-order valence-electron chi connectivity index (χ4n) is 3.22. The van der Waals surface area contributed by atoms with E-state index in [1.807, 2.05) is 30.5 Å². The maximum absolute atomic E-state index is 12.9. The van der Waals surface area contributed by atoms with E-state index in [1.165, 1.54) is 0 Å². The van der Waals surface area contributed by atoms with E-state index in [2.05, 4.69) is 25.9 Å². The highest BCUT2D eigenvalue weighted by atomic mass is 79.9. The van der Waals surface area contributed by atoms with Crippen molar-refractivity contribution >= 4 is 32.9 Å². The standard InChI is InChI=1S/C20H19BrN4O3/c1-3-24-11-15(17(26)14-7-6-12(2)23-18(14)24)20(27)25-9-13(10-25)28-19-16(21)5-4-8-22-19/h4-8,11,13H,3,9-10H2,1-2H3. The molecule has 0 radical (unpaired) electrons. The van der Waals surface area contributed by atoms with Crippen LogP contribution in [0.2, 0.25) is 0 Å². The monoisotopic (exact) mass is 442 g/mol. The molecule has 0 aliphatic carbocycles. The van der Waals surface area contributed by atoms with Crippen LogP contribution < -0.4 is 10.2 Å². The number of hydrogen-bond acceptors (Lipinski definition) is 5. The molecule has 3 aromatic rings. The number of rotatable bonds is 4. The third-order valence-electron chi connectivity index (χ3n) is 4.77. The fraction of sp³-hybridized carbons (Fsp3) is 0.300. The van der Waals surface area contributed by atoms with E-state index in [4.69, 9.17) is 4.74 Å². The van der Waals surface area contributed by atoms with Gasteiger partial charge in [-0.05, 0) is 54.0 Å². The van der Waals surface area contributed by atoms with Gasteiger partial charge in [-0.3, -0.25) is 9.59 Å². The predicted octanol–water partition coefficient (Wildman–Crippen LogP) is 2.79. The number of likely N-dealkylation sites (tertiary alicyclic amines) is 1. The highest BCUT2D eigenvalue weighted by molar-refractivity contribution is 9.10. The Bertz CT molecular complexity index is 1120. The summed E-state index contributed by atoms with van der Waals surface area (Å²) in [7, 11) is 0. The molecule has 28 heavy (non-hydrogen) atoms. The lowest BCUT2D eigenvalue weighted by Gasteiger charge is -2.38. The van der Waals surface area contributed by atoms with Crippen molar-refractivity contribution in [1.29, 1.82) is 0 Å². The van der Waals surface area contributed by atoms with Crippen LogP contribution in [0.3, 0.4) is 0 Å². The van der Waals surface area contributed by atoms with Gasteiger partial charge in [0.1, 0.15) is 17.3 Å². The van der Waals surface area contributed by atoms with Gasteiger partial charge in [0, 0.05) is 24.6 Å². The Balaban J connectivity index is 1.55. The van der Waals surface area contributed by atoms with E-state index in [0.29, 0.717) is 36.5 Å². The molecule has 4 heterocycles. The summed E-state index contributed by atoms with van der Waals surface area (Å²) in [5, 5.41) is 0.462. The lowest BCUT2D eigenvalue weighted by Crippen LogP contribution is -2.56. The summed E-state index contributed by atoms with van der Waals surface area (Å²) in [6, 6.07) is 7.18. The van der Waals surface area contributed by atoms with Crippen molar-refractivity contribution in [2.45, 2.75) is 26.5 Å². The summed E-state index contributed by atoms with van der Waals surface area (Å²) < 4.78 is 8.42. The topological polar surface area (TPSA) is 77.3 Å². The van der Waals surface area contributed by atoms with Gasteiger partial charge in [0.2, 0.25) is 11.3 Å². The number of hydrogen-bond donors (Lipinski definition) is 0. The minimum atomic E-state index is -0.283. The predicted molar refractivity (Wildman–Crippen MR) is 109 cm³/mol. The number of halogens is 1. The minimum Gasteiger partial charge on any atom is -0.470 e. The number of aryl methyl sites for hydroxylation is 2. The summed E-state index contributed by atoms with van der Waals surface area (Å²) in [6.45, 7) is 5.28. The molecule has 1 aliphatic heterocycles. The maximum atomic E-state index is 12.9. The van der Waals surface area contributed by atoms with Crippen molar-refractivity contribution in [2.24, 2.45) is 0 Å². The second-order valence-electron chi connectivity index (χ2n) is 6.72. The number of carbonyl (C=O) groups excluding carboxylic acids is 1. The van der Waals surface area contributed by atoms with Crippen LogP contribution in [-0.2, 0) is 6.54 Å². The van der Waals surface area contributed by atoms with Gasteiger partial charge in [-0.1, -0.05) is 0 Å². The van der Waals surface area contributed by atoms with Crippen LogP contribution in [0.4, 0.5) is 0 Å². The van der Waals surface area contributed by atoms with Crippen molar-refractivity contribution in [3.63, 3.8) is 0 Å². The van der Waals surface area contributed by atoms with Gasteiger partial charge < -0.3 is 14.2 Å². The van der Waals surface area contributed by atoms with Crippen molar-refractivity contribution in [2.75, 3.05) is 13.1 Å². The van der Waals surface area contributed by atoms with E-state index in [0.717, 1.165) is 10.2 Å². The van der Waals surface area contributed by atoms with Gasteiger partial charge in [0.15, 0.2) is 0 Å². The zero-order valence-corrected chi connectivity index (χ0v) is 17.1. The number of pyridine rings is 3. The number of amides is 1. The molecule has 144 valence electrons. The van der Waals surface area contributed by atoms with Crippen molar-refractivity contribution in [3.05, 3.63) is 62.6 Å². The maximum Gasteiger partial charge on any atom is 0.259 e. The Kier molecular flexibility index (Phi) is 4.89. The van der Waals surface area contributed by atoms with Crippen LogP contribution in [0, 0.1) is 6.92 Å². The number of carbonyl (C=O) groups is 1. The number of ether oxygens (including phenoxy) is 1. The average molecular weight is 443 g/mol. The molecule has 3 aromatic heterocycles. The van der Waals surface area contributed by atoms with Crippen molar-refractivity contribution in [1.82, 2.24) is 19.4 Å². The second kappa shape index (κ2) is 7.35. The summed E-state index contributed by atoms with van der Waals surface area (Å²) >= 11 is 3.39. The summed E-state index contributed by atoms with van der Waals surface area (Å²) in [5.74, 6) is 0.217. The number of aromatic nitrogens is 3. The van der Waals surface area contributed by atoms with Crippen LogP contribution in [-0.4, -0.2) is 44.5 Å². The summed E-state index contributed by atoms with van der Waals surface area (Å²) in [6.07, 6.45) is 3.12. The molecule has 1 amide bonds. The highest BCUT2D eigenvalue weighted by Crippen LogP contribution is 2.25. The van der Waals surface area contributed by atoms with Crippen LogP contribution >= 0.6 is 15.9 Å². The molecule has 7 nitrogen and oxygen atoms in total. The smallest absolute Gasteiger partial charge is 0.259 e. The molecular weight excluding hydrogens is 424 g/mol. The summed E-state index contributed by atoms with van der Waals surface area (Å²) in [4.78, 5) is 36.0. The molecule has 1 saturated heterocycles. The average Bonchev–Trinajstić information content (AvgIpc) is 2.65. The lowest BCUT2D eigenvalue weighted by molar-refractivity contribution is 0.0155. The third-order valence-corrected chi connectivity index (χ3v) is 5.37. The van der Waals surface area contributed by atoms with E-state index in [9.17, 15) is 9.59 Å². The molecule has 1 fully saturated rings. The highest BCUT2D eigenvalue weighted by Gasteiger charge is 2.34. The zero-order chi connectivity index (χ0) is 19.8. The largest absolute Gasteiger partial charge is 0.470 e. The molecule has 8 heteroatoms. The van der Waals surface area contributed by atoms with Gasteiger partial charge in [0.25, 0.3) is 5.91 Å². The molecule has 0 aromatic carbocycles. The van der Waals surface area contributed by atoms with E-state index >= 15 is 0 Å². The first kappa shape index (κ1) is 18.6. The molecule has 0 spiro atoms. The summed E-state index contributed by atoms with van der Waals surface area (Å²) in [5.41, 5.74) is 1.32. The van der Waals surface area contributed by atoms with Crippen molar-refractivity contribution in [3.8, 4) is 5.88 Å². The van der Waals surface area contributed by atoms with Gasteiger partial charge in [-0.15, -0.1) is 0 Å². The molecule has 4 rings (SSSR count). The minimum absolute atomic E-state index is 0.145. The Morgan fingerprint density at radius 3 is 2.82 bits per heavy atom. The first-order valence-corrected chi connectivity index (χ1v) is 9.84. The Morgan fingerprint density at radius 1 is 1.32 bits per heavy atom. The van der Waals surface area contributed by atoms with Gasteiger partial charge >= 0.3 is 0 Å². The van der Waals surface area contributed by atoms with Crippen molar-refractivity contribution < 1.29 is 9.53 Å².